The van der Waals surface area contributed by atoms with Gasteiger partial charge in [0.2, 0.25) is 0 Å². The minimum absolute atomic E-state index is 0.0528. The summed E-state index contributed by atoms with van der Waals surface area (Å²) in [7, 11) is 0. The lowest BCUT2D eigenvalue weighted by molar-refractivity contribution is 0.292. The van der Waals surface area contributed by atoms with Crippen LogP contribution < -0.4 is 10.1 Å². The van der Waals surface area contributed by atoms with Gasteiger partial charge in [-0.1, -0.05) is 39.0 Å². The maximum absolute atomic E-state index is 5.93. The first-order valence-corrected chi connectivity index (χ1v) is 7.28. The highest BCUT2D eigenvalue weighted by molar-refractivity contribution is 5.38. The van der Waals surface area contributed by atoms with Gasteiger partial charge in [-0.05, 0) is 24.0 Å². The summed E-state index contributed by atoms with van der Waals surface area (Å²) in [4.78, 5) is 8.65. The second kappa shape index (κ2) is 6.57. The van der Waals surface area contributed by atoms with Crippen LogP contribution in [0.1, 0.15) is 39.0 Å². The molecule has 0 aliphatic heterocycles. The molecule has 0 saturated heterocycles. The molecule has 0 fully saturated rings. The summed E-state index contributed by atoms with van der Waals surface area (Å²) in [6, 6.07) is 8.14. The topological polar surface area (TPSA) is 47.0 Å². The maximum atomic E-state index is 5.93. The number of rotatable bonds is 5. The molecule has 4 heteroatoms. The van der Waals surface area contributed by atoms with Gasteiger partial charge in [0.1, 0.15) is 18.2 Å². The van der Waals surface area contributed by atoms with Crippen LogP contribution in [0.15, 0.2) is 36.7 Å². The van der Waals surface area contributed by atoms with E-state index in [4.69, 9.17) is 4.74 Å². The van der Waals surface area contributed by atoms with Crippen LogP contribution in [0.4, 0.5) is 5.82 Å². The van der Waals surface area contributed by atoms with Crippen molar-refractivity contribution in [2.45, 2.75) is 39.7 Å². The summed E-state index contributed by atoms with van der Waals surface area (Å²) in [5, 5.41) is 3.12. The first kappa shape index (κ1) is 15.3. The number of anilines is 1. The van der Waals surface area contributed by atoms with Gasteiger partial charge >= 0.3 is 0 Å². The van der Waals surface area contributed by atoms with Crippen LogP contribution in [0.25, 0.3) is 0 Å². The van der Waals surface area contributed by atoms with Gasteiger partial charge in [-0.15, -0.1) is 0 Å². The van der Waals surface area contributed by atoms with Crippen molar-refractivity contribution in [3.63, 3.8) is 0 Å². The summed E-state index contributed by atoms with van der Waals surface area (Å²) in [6.45, 7) is 9.83. The molecule has 0 bridgehead atoms. The van der Waals surface area contributed by atoms with Crippen molar-refractivity contribution in [1.82, 2.24) is 9.97 Å². The van der Waals surface area contributed by atoms with Gasteiger partial charge in [0.25, 0.3) is 0 Å². The third-order valence-corrected chi connectivity index (χ3v) is 3.13. The summed E-state index contributed by atoms with van der Waals surface area (Å²) in [5.41, 5.74) is 2.07. The molecule has 1 aromatic carbocycles. The summed E-state index contributed by atoms with van der Waals surface area (Å²) in [6.07, 6.45) is 3.48. The Kier molecular flexibility index (Phi) is 4.78. The molecule has 2 aromatic rings. The van der Waals surface area contributed by atoms with Crippen LogP contribution in [0, 0.1) is 0 Å². The molecule has 0 unspecified atom stereocenters. The van der Waals surface area contributed by atoms with Gasteiger partial charge in [-0.25, -0.2) is 4.98 Å². The van der Waals surface area contributed by atoms with Crippen molar-refractivity contribution in [3.8, 4) is 5.75 Å². The van der Waals surface area contributed by atoms with Crippen LogP contribution in [0.3, 0.4) is 0 Å². The van der Waals surface area contributed by atoms with E-state index in [0.717, 1.165) is 23.8 Å². The normalized spacial score (nSPS) is 11.2. The number of nitrogens with one attached hydrogen (secondary N) is 1. The molecular weight excluding hydrogens is 262 g/mol. The number of hydrogen-bond donors (Lipinski definition) is 1. The van der Waals surface area contributed by atoms with E-state index in [1.54, 1.807) is 12.4 Å². The maximum Gasteiger partial charge on any atom is 0.144 e. The molecule has 1 N–H and O–H groups in total. The van der Waals surface area contributed by atoms with Gasteiger partial charge in [0.05, 0.1) is 18.1 Å². The Hall–Kier alpha value is -2.10. The Labute approximate surface area is 126 Å². The van der Waals surface area contributed by atoms with Crippen molar-refractivity contribution in [1.29, 1.82) is 0 Å². The smallest absolute Gasteiger partial charge is 0.144 e. The van der Waals surface area contributed by atoms with E-state index < -0.39 is 0 Å². The summed E-state index contributed by atoms with van der Waals surface area (Å²) >= 11 is 0. The molecule has 0 aliphatic carbocycles. The molecule has 1 heterocycles. The molecule has 4 nitrogen and oxygen atoms in total. The van der Waals surface area contributed by atoms with E-state index in [1.165, 1.54) is 5.56 Å². The zero-order valence-corrected chi connectivity index (χ0v) is 13.2. The highest BCUT2D eigenvalue weighted by Gasteiger charge is 2.18. The second-order valence-corrected chi connectivity index (χ2v) is 5.96. The van der Waals surface area contributed by atoms with E-state index in [0.29, 0.717) is 6.61 Å². The third-order valence-electron chi connectivity index (χ3n) is 3.13. The fraction of sp³-hybridized carbons (Fsp3) is 0.412. The molecular formula is C17H23N3O. The van der Waals surface area contributed by atoms with E-state index in [9.17, 15) is 0 Å². The number of para-hydroxylation sites is 1. The van der Waals surface area contributed by atoms with Crippen LogP contribution in [-0.2, 0) is 12.0 Å². The van der Waals surface area contributed by atoms with Crippen molar-refractivity contribution >= 4 is 5.82 Å². The largest absolute Gasteiger partial charge is 0.487 e. The monoisotopic (exact) mass is 285 g/mol. The minimum Gasteiger partial charge on any atom is -0.487 e. The number of hydrogen-bond acceptors (Lipinski definition) is 4. The molecule has 0 saturated carbocycles. The molecule has 21 heavy (non-hydrogen) atoms. The number of nitrogens with zero attached hydrogens (tertiary/aromatic N) is 2. The third kappa shape index (κ3) is 4.18. The van der Waals surface area contributed by atoms with E-state index in [1.807, 2.05) is 25.1 Å². The van der Waals surface area contributed by atoms with Crippen molar-refractivity contribution in [3.05, 3.63) is 47.9 Å². The predicted octanol–water partition coefficient (Wildman–Crippen LogP) is 3.78. The zero-order valence-electron chi connectivity index (χ0n) is 13.2. The summed E-state index contributed by atoms with van der Waals surface area (Å²) < 4.78 is 5.93. The average Bonchev–Trinajstić information content (AvgIpc) is 2.46. The fourth-order valence-corrected chi connectivity index (χ4v) is 2.07. The van der Waals surface area contributed by atoms with E-state index in [2.05, 4.69) is 42.1 Å². The number of ether oxygens (including phenoxy) is 1. The minimum atomic E-state index is 0.0528. The van der Waals surface area contributed by atoms with Gasteiger partial charge in [-0.2, -0.15) is 0 Å². The highest BCUT2D eigenvalue weighted by atomic mass is 16.5. The Balaban J connectivity index is 2.06. The lowest BCUT2D eigenvalue weighted by atomic mass is 9.86. The van der Waals surface area contributed by atoms with Crippen LogP contribution in [-0.4, -0.2) is 16.5 Å². The lowest BCUT2D eigenvalue weighted by Gasteiger charge is -2.22. The van der Waals surface area contributed by atoms with E-state index in [-0.39, 0.29) is 5.41 Å². The molecule has 1 aromatic heterocycles. The predicted molar refractivity (Wildman–Crippen MR) is 85.7 cm³/mol. The lowest BCUT2D eigenvalue weighted by Crippen LogP contribution is -2.13. The molecule has 2 rings (SSSR count). The van der Waals surface area contributed by atoms with Gasteiger partial charge in [-0.3, -0.25) is 4.98 Å². The Morgan fingerprint density at radius 1 is 1.10 bits per heavy atom. The molecule has 0 amide bonds. The van der Waals surface area contributed by atoms with Gasteiger partial charge < -0.3 is 10.1 Å². The quantitative estimate of drug-likeness (QED) is 0.908. The molecule has 0 aliphatic rings. The first-order valence-electron chi connectivity index (χ1n) is 7.28. The Morgan fingerprint density at radius 2 is 1.86 bits per heavy atom. The fourth-order valence-electron chi connectivity index (χ4n) is 2.07. The Bertz CT molecular complexity index is 573. The SMILES string of the molecule is CCNc1cnc(COc2ccccc2C(C)(C)C)cn1. The van der Waals surface area contributed by atoms with E-state index >= 15 is 0 Å². The zero-order chi connectivity index (χ0) is 15.3. The average molecular weight is 285 g/mol. The molecule has 0 radical (unpaired) electrons. The first-order chi connectivity index (χ1) is 10.0. The standard InChI is InChI=1S/C17H23N3O/c1-5-18-16-11-19-13(10-20-16)12-21-15-9-7-6-8-14(15)17(2,3)4/h6-11H,5,12H2,1-4H3,(H,18,20). The van der Waals surface area contributed by atoms with Gasteiger partial charge in [0, 0.05) is 6.54 Å². The Morgan fingerprint density at radius 3 is 2.48 bits per heavy atom. The molecule has 0 atom stereocenters. The molecule has 0 spiro atoms. The molecule has 112 valence electrons. The van der Waals surface area contributed by atoms with Crippen molar-refractivity contribution in [2.75, 3.05) is 11.9 Å². The summed E-state index contributed by atoms with van der Waals surface area (Å²) in [5.74, 6) is 1.69. The van der Waals surface area contributed by atoms with Crippen LogP contribution >= 0.6 is 0 Å². The second-order valence-electron chi connectivity index (χ2n) is 5.96. The van der Waals surface area contributed by atoms with Crippen LogP contribution in [0.5, 0.6) is 5.75 Å². The number of benzene rings is 1. The van der Waals surface area contributed by atoms with Crippen LogP contribution in [0.2, 0.25) is 0 Å². The van der Waals surface area contributed by atoms with Gasteiger partial charge in [0.15, 0.2) is 0 Å². The van der Waals surface area contributed by atoms with Crippen molar-refractivity contribution < 1.29 is 4.74 Å². The highest BCUT2D eigenvalue weighted by Crippen LogP contribution is 2.31. The van der Waals surface area contributed by atoms with Crippen molar-refractivity contribution in [2.24, 2.45) is 0 Å². The number of aromatic nitrogens is 2.